The Balaban J connectivity index is 0.00000225. The fourth-order valence-electron chi connectivity index (χ4n) is 2.84. The third-order valence-electron chi connectivity index (χ3n) is 4.03. The molecule has 25 heavy (non-hydrogen) atoms. The molecule has 3 N–H and O–H groups in total. The second-order valence-corrected chi connectivity index (χ2v) is 6.63. The number of nitrogens with one attached hydrogen (secondary N) is 1. The first-order valence-corrected chi connectivity index (χ1v) is 8.35. The lowest BCUT2D eigenvalue weighted by Gasteiger charge is -2.22. The Morgan fingerprint density at radius 1 is 1.28 bits per heavy atom. The maximum atomic E-state index is 11.8. The highest BCUT2D eigenvalue weighted by molar-refractivity contribution is 8.18. The van der Waals surface area contributed by atoms with Crippen molar-refractivity contribution < 1.29 is 19.1 Å². The van der Waals surface area contributed by atoms with Crippen molar-refractivity contribution in [1.29, 1.82) is 0 Å². The quantitative estimate of drug-likeness (QED) is 0.765. The van der Waals surface area contributed by atoms with Crippen LogP contribution in [0.25, 0.3) is 6.08 Å². The first-order valence-electron chi connectivity index (χ1n) is 7.53. The third-order valence-corrected chi connectivity index (χ3v) is 4.84. The van der Waals surface area contributed by atoms with Crippen LogP contribution in [-0.2, 0) is 4.79 Å². The first-order chi connectivity index (χ1) is 11.5. The SMILES string of the molecule is COc1cc(/C=C2\SC(=O)NC2=O)c(N2CC[C@@H](N)C2)cc1OC.Cl. The lowest BCUT2D eigenvalue weighted by molar-refractivity contribution is -0.115. The van der Waals surface area contributed by atoms with E-state index in [9.17, 15) is 9.59 Å². The van der Waals surface area contributed by atoms with Gasteiger partial charge in [0.2, 0.25) is 0 Å². The number of imide groups is 1. The summed E-state index contributed by atoms with van der Waals surface area (Å²) in [6.45, 7) is 1.55. The van der Waals surface area contributed by atoms with Crippen LogP contribution in [0.2, 0.25) is 0 Å². The van der Waals surface area contributed by atoms with Gasteiger partial charge in [0.1, 0.15) is 0 Å². The molecule has 2 amide bonds. The number of carbonyl (C=O) groups excluding carboxylic acids is 2. The molecule has 2 saturated heterocycles. The topological polar surface area (TPSA) is 93.9 Å². The maximum Gasteiger partial charge on any atom is 0.290 e. The van der Waals surface area contributed by atoms with Crippen molar-refractivity contribution in [3.63, 3.8) is 0 Å². The fourth-order valence-corrected chi connectivity index (χ4v) is 3.51. The molecule has 1 aromatic carbocycles. The van der Waals surface area contributed by atoms with Crippen molar-refractivity contribution >= 4 is 47.1 Å². The minimum absolute atomic E-state index is 0. The van der Waals surface area contributed by atoms with Crippen molar-refractivity contribution in [2.24, 2.45) is 5.73 Å². The van der Waals surface area contributed by atoms with Crippen LogP contribution in [0.3, 0.4) is 0 Å². The molecule has 2 aliphatic heterocycles. The summed E-state index contributed by atoms with van der Waals surface area (Å²) in [5, 5.41) is 1.90. The average molecular weight is 386 g/mol. The Morgan fingerprint density at radius 2 is 1.96 bits per heavy atom. The zero-order chi connectivity index (χ0) is 17.3. The predicted molar refractivity (Wildman–Crippen MR) is 101 cm³/mol. The highest BCUT2D eigenvalue weighted by Crippen LogP contribution is 2.38. The molecule has 2 fully saturated rings. The molecule has 0 spiro atoms. The molecule has 9 heteroatoms. The van der Waals surface area contributed by atoms with Crippen LogP contribution in [0.15, 0.2) is 17.0 Å². The summed E-state index contributed by atoms with van der Waals surface area (Å²) in [5.74, 6) is 0.782. The molecule has 0 saturated carbocycles. The van der Waals surface area contributed by atoms with E-state index in [2.05, 4.69) is 10.2 Å². The Bertz CT molecular complexity index is 726. The van der Waals surface area contributed by atoms with Crippen LogP contribution in [0.1, 0.15) is 12.0 Å². The van der Waals surface area contributed by atoms with Crippen molar-refractivity contribution in [3.8, 4) is 11.5 Å². The normalized spacial score (nSPS) is 21.3. The predicted octanol–water partition coefficient (Wildman–Crippen LogP) is 1.99. The standard InChI is InChI=1S/C16H19N3O4S.ClH/c1-22-12-5-9(6-14-15(20)18-16(21)24-14)11(7-13(12)23-2)19-4-3-10(17)8-19;/h5-7,10H,3-4,8,17H2,1-2H3,(H,18,20,21);1H/b14-6-;/t10-;/m1./s1. The second kappa shape index (κ2) is 7.99. The number of amides is 2. The molecule has 136 valence electrons. The van der Waals surface area contributed by atoms with Crippen LogP contribution >= 0.6 is 24.2 Å². The molecule has 0 bridgehead atoms. The van der Waals surface area contributed by atoms with E-state index in [1.165, 1.54) is 0 Å². The molecule has 0 unspecified atom stereocenters. The molecule has 7 nitrogen and oxygen atoms in total. The summed E-state index contributed by atoms with van der Waals surface area (Å²) < 4.78 is 10.7. The number of rotatable bonds is 4. The van der Waals surface area contributed by atoms with Gasteiger partial charge in [-0.2, -0.15) is 0 Å². The van der Waals surface area contributed by atoms with Crippen molar-refractivity contribution in [3.05, 3.63) is 22.6 Å². The largest absolute Gasteiger partial charge is 0.493 e. The number of ether oxygens (including phenoxy) is 2. The Morgan fingerprint density at radius 3 is 2.48 bits per heavy atom. The molecule has 2 aliphatic rings. The van der Waals surface area contributed by atoms with Gasteiger partial charge in [0.15, 0.2) is 11.5 Å². The van der Waals surface area contributed by atoms with Gasteiger partial charge in [0.05, 0.1) is 19.1 Å². The lowest BCUT2D eigenvalue weighted by atomic mass is 10.1. The Labute approximate surface area is 156 Å². The van der Waals surface area contributed by atoms with Gasteiger partial charge in [-0.25, -0.2) is 0 Å². The summed E-state index contributed by atoms with van der Waals surface area (Å²) in [6.07, 6.45) is 2.60. The zero-order valence-electron chi connectivity index (χ0n) is 13.9. The highest BCUT2D eigenvalue weighted by atomic mass is 35.5. The van der Waals surface area contributed by atoms with E-state index in [4.69, 9.17) is 15.2 Å². The summed E-state index contributed by atoms with van der Waals surface area (Å²) in [6, 6.07) is 3.80. The second-order valence-electron chi connectivity index (χ2n) is 5.61. The van der Waals surface area contributed by atoms with E-state index in [-0.39, 0.29) is 29.6 Å². The highest BCUT2D eigenvalue weighted by Gasteiger charge is 2.27. The molecule has 0 aliphatic carbocycles. The van der Waals surface area contributed by atoms with Gasteiger partial charge in [-0.1, -0.05) is 0 Å². The van der Waals surface area contributed by atoms with Gasteiger partial charge < -0.3 is 20.1 Å². The number of hydrogen-bond acceptors (Lipinski definition) is 7. The molecule has 1 atom stereocenters. The number of hydrogen-bond donors (Lipinski definition) is 2. The van der Waals surface area contributed by atoms with Crippen molar-refractivity contribution in [2.75, 3.05) is 32.2 Å². The van der Waals surface area contributed by atoms with Gasteiger partial charge in [0.25, 0.3) is 11.1 Å². The van der Waals surface area contributed by atoms with Crippen LogP contribution < -0.4 is 25.4 Å². The first kappa shape index (κ1) is 19.4. The zero-order valence-corrected chi connectivity index (χ0v) is 15.5. The van der Waals surface area contributed by atoms with Gasteiger partial charge in [-0.05, 0) is 30.3 Å². The van der Waals surface area contributed by atoms with E-state index in [0.29, 0.717) is 16.4 Å². The van der Waals surface area contributed by atoms with Crippen LogP contribution in [0, 0.1) is 0 Å². The third kappa shape index (κ3) is 4.02. The van der Waals surface area contributed by atoms with E-state index < -0.39 is 0 Å². The van der Waals surface area contributed by atoms with E-state index >= 15 is 0 Å². The molecular weight excluding hydrogens is 366 g/mol. The molecule has 0 aromatic heterocycles. The fraction of sp³-hybridized carbons (Fsp3) is 0.375. The minimum atomic E-state index is -0.385. The van der Waals surface area contributed by atoms with Crippen LogP contribution in [-0.4, -0.2) is 44.5 Å². The van der Waals surface area contributed by atoms with Gasteiger partial charge in [0, 0.05) is 36.4 Å². The number of nitrogens with two attached hydrogens (primary N) is 1. The van der Waals surface area contributed by atoms with Gasteiger partial charge in [-0.3, -0.25) is 14.9 Å². The van der Waals surface area contributed by atoms with Crippen LogP contribution in [0.4, 0.5) is 10.5 Å². The average Bonchev–Trinajstić information content (AvgIpc) is 3.12. The molecule has 2 heterocycles. The van der Waals surface area contributed by atoms with E-state index in [1.807, 2.05) is 12.1 Å². The molecule has 0 radical (unpaired) electrons. The summed E-state index contributed by atoms with van der Waals surface area (Å²) >= 11 is 0.890. The summed E-state index contributed by atoms with van der Waals surface area (Å²) in [7, 11) is 3.13. The van der Waals surface area contributed by atoms with Crippen molar-refractivity contribution in [2.45, 2.75) is 12.5 Å². The minimum Gasteiger partial charge on any atom is -0.493 e. The maximum absolute atomic E-state index is 11.8. The lowest BCUT2D eigenvalue weighted by Crippen LogP contribution is -2.26. The van der Waals surface area contributed by atoms with Gasteiger partial charge in [-0.15, -0.1) is 12.4 Å². The number of benzene rings is 1. The molecule has 3 rings (SSSR count). The number of methoxy groups -OCH3 is 2. The van der Waals surface area contributed by atoms with E-state index in [1.54, 1.807) is 20.3 Å². The number of nitrogens with zero attached hydrogens (tertiary/aromatic N) is 1. The van der Waals surface area contributed by atoms with E-state index in [0.717, 1.165) is 42.5 Å². The smallest absolute Gasteiger partial charge is 0.290 e. The Hall–Kier alpha value is -1.90. The molecule has 1 aromatic rings. The number of anilines is 1. The van der Waals surface area contributed by atoms with Crippen LogP contribution in [0.5, 0.6) is 11.5 Å². The summed E-state index contributed by atoms with van der Waals surface area (Å²) in [4.78, 5) is 25.7. The van der Waals surface area contributed by atoms with Gasteiger partial charge >= 0.3 is 0 Å². The number of carbonyl (C=O) groups is 2. The summed E-state index contributed by atoms with van der Waals surface area (Å²) in [5.41, 5.74) is 7.71. The monoisotopic (exact) mass is 385 g/mol. The Kier molecular flexibility index (Phi) is 6.21. The number of thioether (sulfide) groups is 1. The van der Waals surface area contributed by atoms with Crippen molar-refractivity contribution in [1.82, 2.24) is 5.32 Å². The molecular formula is C16H20ClN3O4S. The number of halogens is 1.